The molecule has 0 N–H and O–H groups in total. The van der Waals surface area contributed by atoms with Crippen molar-refractivity contribution in [2.75, 3.05) is 31.1 Å². The third-order valence-electron chi connectivity index (χ3n) is 4.83. The number of imidazole rings is 1. The number of para-hydroxylation sites is 1. The largest absolute Gasteiger partial charge is 0.338 e. The van der Waals surface area contributed by atoms with Crippen molar-refractivity contribution in [3.63, 3.8) is 0 Å². The number of aromatic nitrogens is 2. The first-order valence-electron chi connectivity index (χ1n) is 9.27. The van der Waals surface area contributed by atoms with Crippen molar-refractivity contribution in [2.24, 2.45) is 0 Å². The van der Waals surface area contributed by atoms with Crippen LogP contribution in [0.1, 0.15) is 5.56 Å². The summed E-state index contributed by atoms with van der Waals surface area (Å²) in [6.45, 7) is 2.50. The molecule has 0 saturated carbocycles. The van der Waals surface area contributed by atoms with Crippen molar-refractivity contribution in [1.29, 1.82) is 0 Å². The maximum absolute atomic E-state index is 14.2. The molecule has 2 aromatic carbocycles. The van der Waals surface area contributed by atoms with Crippen LogP contribution in [-0.4, -0.2) is 46.5 Å². The fourth-order valence-electron chi connectivity index (χ4n) is 3.33. The zero-order valence-corrected chi connectivity index (χ0v) is 15.4. The Bertz CT molecular complexity index is 975. The Kier molecular flexibility index (Phi) is 5.19. The third-order valence-corrected chi connectivity index (χ3v) is 4.83. The molecule has 142 valence electrons. The first-order valence-corrected chi connectivity index (χ1v) is 9.27. The highest BCUT2D eigenvalue weighted by Gasteiger charge is 2.23. The molecule has 0 aliphatic carbocycles. The zero-order valence-electron chi connectivity index (χ0n) is 15.4. The van der Waals surface area contributed by atoms with E-state index in [-0.39, 0.29) is 11.7 Å². The van der Waals surface area contributed by atoms with Gasteiger partial charge < -0.3 is 9.80 Å². The van der Waals surface area contributed by atoms with Gasteiger partial charge in [0.1, 0.15) is 5.82 Å². The minimum Gasteiger partial charge on any atom is -0.338 e. The quantitative estimate of drug-likeness (QED) is 0.656. The molecule has 0 spiro atoms. The van der Waals surface area contributed by atoms with E-state index in [1.54, 1.807) is 41.2 Å². The van der Waals surface area contributed by atoms with Crippen molar-refractivity contribution in [3.8, 4) is 5.69 Å². The highest BCUT2D eigenvalue weighted by Crippen LogP contribution is 2.21. The predicted molar refractivity (Wildman–Crippen MR) is 108 cm³/mol. The van der Waals surface area contributed by atoms with Gasteiger partial charge in [-0.25, -0.2) is 9.37 Å². The van der Waals surface area contributed by atoms with E-state index in [1.165, 1.54) is 6.07 Å². The first kappa shape index (κ1) is 18.0. The summed E-state index contributed by atoms with van der Waals surface area (Å²) >= 11 is 0. The number of amides is 1. The maximum atomic E-state index is 14.2. The number of carbonyl (C=O) groups excluding carboxylic acids is 1. The van der Waals surface area contributed by atoms with Crippen LogP contribution in [0.25, 0.3) is 11.8 Å². The van der Waals surface area contributed by atoms with E-state index < -0.39 is 0 Å². The molecular formula is C22H21FN4O. The number of hydrogen-bond donors (Lipinski definition) is 0. The smallest absolute Gasteiger partial charge is 0.246 e. The SMILES string of the molecule is O=C(/C=C\c1ccccc1)N1CCN(c2nccn2-c2ccccc2F)CC1. The Morgan fingerprint density at radius 1 is 0.964 bits per heavy atom. The minimum atomic E-state index is -0.290. The van der Waals surface area contributed by atoms with Crippen molar-refractivity contribution in [2.45, 2.75) is 0 Å². The lowest BCUT2D eigenvalue weighted by Gasteiger charge is -2.35. The molecule has 28 heavy (non-hydrogen) atoms. The Balaban J connectivity index is 1.41. The first-order chi connectivity index (χ1) is 13.7. The molecule has 1 aromatic heterocycles. The number of hydrogen-bond acceptors (Lipinski definition) is 3. The average Bonchev–Trinajstić information content (AvgIpc) is 3.23. The number of rotatable bonds is 4. The van der Waals surface area contributed by atoms with Gasteiger partial charge >= 0.3 is 0 Å². The highest BCUT2D eigenvalue weighted by molar-refractivity contribution is 5.91. The molecule has 1 saturated heterocycles. The average molecular weight is 376 g/mol. The van der Waals surface area contributed by atoms with Crippen LogP contribution in [0, 0.1) is 5.82 Å². The third kappa shape index (κ3) is 3.81. The molecule has 1 aliphatic rings. The summed E-state index contributed by atoms with van der Waals surface area (Å²) < 4.78 is 15.9. The second kappa shape index (κ2) is 8.08. The van der Waals surface area contributed by atoms with Crippen LogP contribution in [0.15, 0.2) is 73.1 Å². The summed E-state index contributed by atoms with van der Waals surface area (Å²) in [5.41, 5.74) is 1.47. The van der Waals surface area contributed by atoms with E-state index in [0.717, 1.165) is 5.56 Å². The predicted octanol–water partition coefficient (Wildman–Crippen LogP) is 3.37. The maximum Gasteiger partial charge on any atom is 0.246 e. The molecule has 5 nitrogen and oxygen atoms in total. The van der Waals surface area contributed by atoms with Gasteiger partial charge in [-0.2, -0.15) is 0 Å². The number of anilines is 1. The van der Waals surface area contributed by atoms with E-state index in [2.05, 4.69) is 9.88 Å². The number of halogens is 1. The van der Waals surface area contributed by atoms with Crippen LogP contribution in [0.5, 0.6) is 0 Å². The zero-order chi connectivity index (χ0) is 19.3. The van der Waals surface area contributed by atoms with Crippen LogP contribution in [0.2, 0.25) is 0 Å². The summed E-state index contributed by atoms with van der Waals surface area (Å²) in [5, 5.41) is 0. The molecule has 4 rings (SSSR count). The van der Waals surface area contributed by atoms with Crippen molar-refractivity contribution >= 4 is 17.9 Å². The second-order valence-corrected chi connectivity index (χ2v) is 6.61. The molecule has 1 aliphatic heterocycles. The summed E-state index contributed by atoms with van der Waals surface area (Å²) in [6, 6.07) is 16.4. The summed E-state index contributed by atoms with van der Waals surface area (Å²) in [4.78, 5) is 20.8. The lowest BCUT2D eigenvalue weighted by molar-refractivity contribution is -0.126. The highest BCUT2D eigenvalue weighted by atomic mass is 19.1. The Hall–Kier alpha value is -3.41. The van der Waals surface area contributed by atoms with E-state index >= 15 is 0 Å². The Morgan fingerprint density at radius 3 is 2.43 bits per heavy atom. The van der Waals surface area contributed by atoms with Crippen LogP contribution in [0.4, 0.5) is 10.3 Å². The minimum absolute atomic E-state index is 0.000878. The van der Waals surface area contributed by atoms with Gasteiger partial charge in [-0.1, -0.05) is 42.5 Å². The normalized spacial score (nSPS) is 14.6. The van der Waals surface area contributed by atoms with Gasteiger partial charge in [0.25, 0.3) is 0 Å². The fourth-order valence-corrected chi connectivity index (χ4v) is 3.33. The molecule has 6 heteroatoms. The van der Waals surface area contributed by atoms with Crippen LogP contribution < -0.4 is 4.90 Å². The molecule has 0 unspecified atom stereocenters. The number of nitrogens with zero attached hydrogens (tertiary/aromatic N) is 4. The van der Waals surface area contributed by atoms with E-state index in [0.29, 0.717) is 37.8 Å². The van der Waals surface area contributed by atoms with Gasteiger partial charge in [0.2, 0.25) is 11.9 Å². The molecule has 0 atom stereocenters. The lowest BCUT2D eigenvalue weighted by Crippen LogP contribution is -2.49. The summed E-state index contributed by atoms with van der Waals surface area (Å²) in [7, 11) is 0. The van der Waals surface area contributed by atoms with Crippen LogP contribution in [-0.2, 0) is 4.79 Å². The van der Waals surface area contributed by atoms with Crippen LogP contribution in [0.3, 0.4) is 0 Å². The molecular weight excluding hydrogens is 355 g/mol. The van der Waals surface area contributed by atoms with E-state index in [4.69, 9.17) is 0 Å². The van der Waals surface area contributed by atoms with Crippen molar-refractivity contribution < 1.29 is 9.18 Å². The molecule has 1 fully saturated rings. The van der Waals surface area contributed by atoms with Gasteiger partial charge in [-0.3, -0.25) is 9.36 Å². The molecule has 2 heterocycles. The van der Waals surface area contributed by atoms with Gasteiger partial charge in [-0.05, 0) is 23.8 Å². The van der Waals surface area contributed by atoms with Crippen molar-refractivity contribution in [1.82, 2.24) is 14.5 Å². The number of piperazine rings is 1. The van der Waals surface area contributed by atoms with Gasteiger partial charge in [0.15, 0.2) is 0 Å². The standard InChI is InChI=1S/C22H21FN4O/c23-19-8-4-5-9-20(19)27-13-12-24-22(27)26-16-14-25(15-17-26)21(28)11-10-18-6-2-1-3-7-18/h1-13H,14-17H2/b11-10-. The molecule has 3 aromatic rings. The van der Waals surface area contributed by atoms with Crippen molar-refractivity contribution in [3.05, 3.63) is 84.4 Å². The number of benzene rings is 2. The van der Waals surface area contributed by atoms with Gasteiger partial charge in [0.05, 0.1) is 5.69 Å². The second-order valence-electron chi connectivity index (χ2n) is 6.61. The Morgan fingerprint density at radius 2 is 1.68 bits per heavy atom. The number of carbonyl (C=O) groups is 1. The Labute approximate surface area is 163 Å². The van der Waals surface area contributed by atoms with E-state index in [9.17, 15) is 9.18 Å². The monoisotopic (exact) mass is 376 g/mol. The molecule has 0 radical (unpaired) electrons. The molecule has 1 amide bonds. The lowest BCUT2D eigenvalue weighted by atomic mass is 10.2. The van der Waals surface area contributed by atoms with Crippen LogP contribution >= 0.6 is 0 Å². The summed E-state index contributed by atoms with van der Waals surface area (Å²) in [5.74, 6) is 0.402. The fraction of sp³-hybridized carbons (Fsp3) is 0.182. The molecule has 0 bridgehead atoms. The van der Waals surface area contributed by atoms with Gasteiger partial charge in [-0.15, -0.1) is 0 Å². The topological polar surface area (TPSA) is 41.4 Å². The summed E-state index contributed by atoms with van der Waals surface area (Å²) in [6.07, 6.45) is 6.88. The van der Waals surface area contributed by atoms with E-state index in [1.807, 2.05) is 41.3 Å². The van der Waals surface area contributed by atoms with Gasteiger partial charge in [0, 0.05) is 44.6 Å².